The Bertz CT molecular complexity index is 864. The highest BCUT2D eigenvalue weighted by atomic mass is 19.3. The van der Waals surface area contributed by atoms with Crippen LogP contribution in [-0.2, 0) is 4.79 Å². The number of halogens is 2. The molecule has 0 saturated carbocycles. The van der Waals surface area contributed by atoms with Crippen LogP contribution >= 0.6 is 0 Å². The second-order valence-corrected chi connectivity index (χ2v) is 6.14. The molecule has 2 rings (SSSR count). The van der Waals surface area contributed by atoms with Gasteiger partial charge >= 0.3 is 6.61 Å². The van der Waals surface area contributed by atoms with Gasteiger partial charge in [-0.2, -0.15) is 14.0 Å². The van der Waals surface area contributed by atoms with E-state index in [0.717, 1.165) is 5.56 Å². The molecule has 0 fully saturated rings. The molecule has 27 heavy (non-hydrogen) atoms. The monoisotopic (exact) mass is 370 g/mol. The molecule has 1 atom stereocenters. The second kappa shape index (κ2) is 8.95. The number of nitriles is 1. The van der Waals surface area contributed by atoms with Crippen molar-refractivity contribution in [3.8, 4) is 11.8 Å². The Balaban J connectivity index is 2.22. The maximum absolute atomic E-state index is 12.5. The van der Waals surface area contributed by atoms with Gasteiger partial charge in [0.1, 0.15) is 17.4 Å². The zero-order valence-corrected chi connectivity index (χ0v) is 15.3. The zero-order valence-electron chi connectivity index (χ0n) is 15.3. The van der Waals surface area contributed by atoms with E-state index in [0.29, 0.717) is 16.7 Å². The van der Waals surface area contributed by atoms with E-state index in [1.54, 1.807) is 26.0 Å². The number of aryl methyl sites for hydroxylation is 2. The summed E-state index contributed by atoms with van der Waals surface area (Å²) >= 11 is 0. The molecule has 6 heteroatoms. The normalized spacial score (nSPS) is 12.4. The lowest BCUT2D eigenvalue weighted by Crippen LogP contribution is -2.27. The molecule has 0 heterocycles. The molecule has 2 aromatic rings. The van der Waals surface area contributed by atoms with Crippen molar-refractivity contribution in [2.75, 3.05) is 0 Å². The molecule has 0 saturated heterocycles. The van der Waals surface area contributed by atoms with Crippen LogP contribution in [0.1, 0.15) is 35.2 Å². The summed E-state index contributed by atoms with van der Waals surface area (Å²) in [6.07, 6.45) is 1.43. The van der Waals surface area contributed by atoms with Crippen LogP contribution in [-0.4, -0.2) is 12.5 Å². The van der Waals surface area contributed by atoms with Crippen LogP contribution in [0.5, 0.6) is 5.75 Å². The minimum atomic E-state index is -2.91. The average Bonchev–Trinajstić information content (AvgIpc) is 2.63. The second-order valence-electron chi connectivity index (χ2n) is 6.14. The van der Waals surface area contributed by atoms with E-state index in [9.17, 15) is 18.8 Å². The third kappa shape index (κ3) is 5.38. The maximum Gasteiger partial charge on any atom is 0.387 e. The number of nitrogens with zero attached hydrogens (tertiary/aromatic N) is 1. The molecule has 140 valence electrons. The minimum Gasteiger partial charge on any atom is -0.434 e. The number of carbonyl (C=O) groups is 1. The topological polar surface area (TPSA) is 62.1 Å². The van der Waals surface area contributed by atoms with Gasteiger partial charge in [0.15, 0.2) is 0 Å². The van der Waals surface area contributed by atoms with Gasteiger partial charge in [-0.3, -0.25) is 4.79 Å². The van der Waals surface area contributed by atoms with Crippen molar-refractivity contribution in [1.82, 2.24) is 5.32 Å². The van der Waals surface area contributed by atoms with Gasteiger partial charge in [0, 0.05) is 0 Å². The highest BCUT2D eigenvalue weighted by Gasteiger charge is 2.15. The summed E-state index contributed by atoms with van der Waals surface area (Å²) in [5.74, 6) is -0.403. The molecule has 0 radical (unpaired) electrons. The summed E-state index contributed by atoms with van der Waals surface area (Å²) in [6, 6.07) is 14.2. The Morgan fingerprint density at radius 3 is 2.30 bits per heavy atom. The van der Waals surface area contributed by atoms with Crippen molar-refractivity contribution < 1.29 is 18.3 Å². The summed E-state index contributed by atoms with van der Waals surface area (Å²) in [6.45, 7) is 2.17. The third-order valence-corrected chi connectivity index (χ3v) is 4.01. The number of carbonyl (C=O) groups excluding carboxylic acids is 1. The third-order valence-electron chi connectivity index (χ3n) is 4.01. The molecular formula is C21H20F2N2O2. The number of ether oxygens (including phenoxy) is 1. The van der Waals surface area contributed by atoms with Crippen LogP contribution in [0.25, 0.3) is 6.08 Å². The highest BCUT2D eigenvalue weighted by molar-refractivity contribution is 6.01. The van der Waals surface area contributed by atoms with E-state index in [1.807, 2.05) is 43.3 Å². The minimum absolute atomic E-state index is 0.0703. The fraction of sp³-hybridized carbons (Fsp3) is 0.238. The number of alkyl halides is 2. The molecular weight excluding hydrogens is 350 g/mol. The lowest BCUT2D eigenvalue weighted by atomic mass is 10.0. The molecule has 0 aliphatic rings. The van der Waals surface area contributed by atoms with Crippen LogP contribution in [0.15, 0.2) is 48.0 Å². The number of benzene rings is 2. The molecule has 4 nitrogen and oxygen atoms in total. The molecule has 1 N–H and O–H groups in total. The first kappa shape index (κ1) is 20.1. The summed E-state index contributed by atoms with van der Waals surface area (Å²) in [5.41, 5.74) is 2.40. The molecule has 0 unspecified atom stereocenters. The zero-order chi connectivity index (χ0) is 20.0. The van der Waals surface area contributed by atoms with E-state index in [2.05, 4.69) is 10.1 Å². The van der Waals surface area contributed by atoms with Crippen molar-refractivity contribution in [2.45, 2.75) is 33.4 Å². The number of rotatable bonds is 6. The van der Waals surface area contributed by atoms with Crippen molar-refractivity contribution in [1.29, 1.82) is 5.26 Å². The molecule has 0 aliphatic heterocycles. The van der Waals surface area contributed by atoms with E-state index >= 15 is 0 Å². The summed E-state index contributed by atoms with van der Waals surface area (Å²) in [4.78, 5) is 12.4. The number of hydrogen-bond donors (Lipinski definition) is 1. The van der Waals surface area contributed by atoms with E-state index in [4.69, 9.17) is 0 Å². The van der Waals surface area contributed by atoms with E-state index < -0.39 is 12.5 Å². The van der Waals surface area contributed by atoms with Crippen molar-refractivity contribution in [3.63, 3.8) is 0 Å². The number of nitrogens with one attached hydrogen (secondary N) is 1. The van der Waals surface area contributed by atoms with Crippen molar-refractivity contribution in [2.24, 2.45) is 0 Å². The molecule has 2 aromatic carbocycles. The summed E-state index contributed by atoms with van der Waals surface area (Å²) in [5, 5.41) is 12.1. The SMILES string of the molecule is Cc1cc(/C=C(\C#N)C(=O)N[C@@H](C)c2ccccc2)cc(C)c1OC(F)F. The Labute approximate surface area is 157 Å². The van der Waals surface area contributed by atoms with Crippen LogP contribution in [0.3, 0.4) is 0 Å². The van der Waals surface area contributed by atoms with Crippen LogP contribution < -0.4 is 10.1 Å². The van der Waals surface area contributed by atoms with E-state index in [1.165, 1.54) is 6.08 Å². The summed E-state index contributed by atoms with van der Waals surface area (Å²) in [7, 11) is 0. The Morgan fingerprint density at radius 1 is 1.19 bits per heavy atom. The number of hydrogen-bond acceptors (Lipinski definition) is 3. The van der Waals surface area contributed by atoms with Gasteiger partial charge in [-0.05, 0) is 61.2 Å². The molecule has 0 aromatic heterocycles. The fourth-order valence-electron chi connectivity index (χ4n) is 2.76. The molecule has 1 amide bonds. The smallest absolute Gasteiger partial charge is 0.387 e. The Kier molecular flexibility index (Phi) is 6.67. The quantitative estimate of drug-likeness (QED) is 0.593. The van der Waals surface area contributed by atoms with Gasteiger partial charge in [-0.1, -0.05) is 30.3 Å². The molecule has 0 aliphatic carbocycles. The van der Waals surface area contributed by atoms with Crippen molar-refractivity contribution in [3.05, 3.63) is 70.3 Å². The lowest BCUT2D eigenvalue weighted by molar-refractivity contribution is -0.117. The maximum atomic E-state index is 12.5. The van der Waals surface area contributed by atoms with E-state index in [-0.39, 0.29) is 17.4 Å². The van der Waals surface area contributed by atoms with Crippen LogP contribution in [0.4, 0.5) is 8.78 Å². The Hall–Kier alpha value is -3.20. The number of amides is 1. The fourth-order valence-corrected chi connectivity index (χ4v) is 2.76. The average molecular weight is 370 g/mol. The van der Waals surface area contributed by atoms with Crippen LogP contribution in [0.2, 0.25) is 0 Å². The van der Waals surface area contributed by atoms with Crippen LogP contribution in [0, 0.1) is 25.2 Å². The predicted molar refractivity (Wildman–Crippen MR) is 99.1 cm³/mol. The Morgan fingerprint density at radius 2 is 1.78 bits per heavy atom. The highest BCUT2D eigenvalue weighted by Crippen LogP contribution is 2.27. The summed E-state index contributed by atoms with van der Waals surface area (Å²) < 4.78 is 29.5. The van der Waals surface area contributed by atoms with Gasteiger partial charge < -0.3 is 10.1 Å². The van der Waals surface area contributed by atoms with Gasteiger partial charge in [0.25, 0.3) is 5.91 Å². The van der Waals surface area contributed by atoms with Gasteiger partial charge in [-0.25, -0.2) is 0 Å². The first-order chi connectivity index (χ1) is 12.8. The standard InChI is InChI=1S/C21H20F2N2O2/c1-13-9-16(10-14(2)19(13)27-21(22)23)11-18(12-24)20(26)25-15(3)17-7-5-4-6-8-17/h4-11,15,21H,1-3H3,(H,25,26)/b18-11+/t15-/m0/s1. The molecule has 0 bridgehead atoms. The van der Waals surface area contributed by atoms with Crippen molar-refractivity contribution >= 4 is 12.0 Å². The lowest BCUT2D eigenvalue weighted by Gasteiger charge is -2.14. The van der Waals surface area contributed by atoms with Gasteiger partial charge in [0.05, 0.1) is 6.04 Å². The van der Waals surface area contributed by atoms with Gasteiger partial charge in [0.2, 0.25) is 0 Å². The first-order valence-electron chi connectivity index (χ1n) is 8.35. The largest absolute Gasteiger partial charge is 0.434 e. The first-order valence-corrected chi connectivity index (χ1v) is 8.35. The predicted octanol–water partition coefficient (Wildman–Crippen LogP) is 4.69. The van der Waals surface area contributed by atoms with Gasteiger partial charge in [-0.15, -0.1) is 0 Å². The molecule has 0 spiro atoms.